The second-order valence-corrected chi connectivity index (χ2v) is 4.97. The van der Waals surface area contributed by atoms with E-state index in [1.807, 2.05) is 5.43 Å². The van der Waals surface area contributed by atoms with E-state index < -0.39 is 0 Å². The minimum Gasteiger partial charge on any atom is -0.354 e. The van der Waals surface area contributed by atoms with E-state index in [-0.39, 0.29) is 18.2 Å². The SMILES string of the molecule is C[C@@H]1CCC[C@H](C)N1C[13C](=O)[15NH][13CH2][13CH2][13C](=O)NN. The summed E-state index contributed by atoms with van der Waals surface area (Å²) in [6.07, 6.45) is 3.74. The Morgan fingerprint density at radius 2 is 1.83 bits per heavy atom. The van der Waals surface area contributed by atoms with Gasteiger partial charge in [-0.05, 0) is 26.7 Å². The van der Waals surface area contributed by atoms with Gasteiger partial charge in [-0.25, -0.2) is 5.84 Å². The first-order valence-electron chi connectivity index (χ1n) is 6.56. The molecule has 1 rings (SSSR count). The van der Waals surface area contributed by atoms with E-state index in [2.05, 4.69) is 24.1 Å². The molecule has 0 aromatic heterocycles. The van der Waals surface area contributed by atoms with Gasteiger partial charge >= 0.3 is 0 Å². The molecule has 0 saturated carbocycles. The number of carbonyl (C=O) groups excluding carboxylic acids is 2. The topological polar surface area (TPSA) is 87.5 Å². The summed E-state index contributed by atoms with van der Waals surface area (Å²) in [4.78, 5) is 24.9. The van der Waals surface area contributed by atoms with Crippen molar-refractivity contribution in [3.63, 3.8) is 0 Å². The van der Waals surface area contributed by atoms with Gasteiger partial charge in [-0.2, -0.15) is 0 Å². The van der Waals surface area contributed by atoms with Crippen LogP contribution < -0.4 is 16.6 Å². The molecule has 0 aromatic carbocycles. The number of amides is 2. The molecular formula is C12H24N4O2. The fourth-order valence-corrected chi connectivity index (χ4v) is 2.40. The van der Waals surface area contributed by atoms with Crippen molar-refractivity contribution in [3.05, 3.63) is 0 Å². The first-order valence-corrected chi connectivity index (χ1v) is 6.56. The van der Waals surface area contributed by atoms with Gasteiger partial charge in [0.1, 0.15) is 0 Å². The Morgan fingerprint density at radius 1 is 1.22 bits per heavy atom. The molecule has 104 valence electrons. The molecule has 0 spiro atoms. The molecule has 1 aliphatic heterocycles. The van der Waals surface area contributed by atoms with E-state index in [9.17, 15) is 9.59 Å². The third-order valence-corrected chi connectivity index (χ3v) is 3.54. The molecule has 18 heavy (non-hydrogen) atoms. The molecule has 6 heteroatoms. The van der Waals surface area contributed by atoms with Crippen molar-refractivity contribution in [2.75, 3.05) is 13.1 Å². The van der Waals surface area contributed by atoms with Gasteiger partial charge in [0.25, 0.3) is 0 Å². The molecule has 1 heterocycles. The van der Waals surface area contributed by atoms with Crippen LogP contribution in [0.1, 0.15) is 39.5 Å². The Kier molecular flexibility index (Phi) is 6.07. The lowest BCUT2D eigenvalue weighted by Crippen LogP contribution is -2.49. The third-order valence-electron chi connectivity index (χ3n) is 3.54. The molecule has 6 nitrogen and oxygen atoms in total. The maximum absolute atomic E-state index is 11.8. The molecule has 1 saturated heterocycles. The van der Waals surface area contributed by atoms with Crippen LogP contribution in [-0.2, 0) is 9.59 Å². The zero-order valence-corrected chi connectivity index (χ0v) is 11.2. The number of nitrogens with two attached hydrogens (primary N) is 1. The number of hydrogen-bond donors (Lipinski definition) is 3. The van der Waals surface area contributed by atoms with Crippen LogP contribution in [0.15, 0.2) is 0 Å². The predicted molar refractivity (Wildman–Crippen MR) is 69.4 cm³/mol. The van der Waals surface area contributed by atoms with Crippen molar-refractivity contribution in [2.45, 2.75) is 51.6 Å². The lowest BCUT2D eigenvalue weighted by atomic mass is 9.98. The summed E-state index contributed by atoms with van der Waals surface area (Å²) in [5.41, 5.74) is 2.03. The lowest BCUT2D eigenvalue weighted by Gasteiger charge is -2.38. The Balaban J connectivity index is 2.28. The molecule has 0 unspecified atom stereocenters. The first kappa shape index (κ1) is 14.9. The maximum atomic E-state index is 11.8. The average molecular weight is 261 g/mol. The number of carbonyl (C=O) groups is 2. The Bertz CT molecular complexity index is 286. The summed E-state index contributed by atoms with van der Waals surface area (Å²) in [7, 11) is 0. The molecule has 4 N–H and O–H groups in total. The summed E-state index contributed by atoms with van der Waals surface area (Å²) >= 11 is 0. The second kappa shape index (κ2) is 7.33. The van der Waals surface area contributed by atoms with E-state index in [4.69, 9.17) is 5.84 Å². The van der Waals surface area contributed by atoms with Crippen molar-refractivity contribution in [3.8, 4) is 0 Å². The molecular weight excluding hydrogens is 237 g/mol. The summed E-state index contributed by atoms with van der Waals surface area (Å²) < 4.78 is 0. The largest absolute Gasteiger partial charge is 0.354 e. The van der Waals surface area contributed by atoms with E-state index in [0.717, 1.165) is 12.8 Å². The molecule has 0 aromatic rings. The molecule has 1 aliphatic rings. The van der Waals surface area contributed by atoms with Gasteiger partial charge in [0.05, 0.1) is 6.54 Å². The minimum absolute atomic E-state index is 0.0274. The third kappa shape index (κ3) is 4.62. The normalized spacial score (nSPS) is 24.6. The number of likely N-dealkylation sites (tertiary alicyclic amines) is 1. The fourth-order valence-electron chi connectivity index (χ4n) is 2.40. The van der Waals surface area contributed by atoms with Crippen LogP contribution in [0.3, 0.4) is 0 Å². The highest BCUT2D eigenvalue weighted by atomic mass is 16.3. The summed E-state index contributed by atoms with van der Waals surface area (Å²) in [6, 6.07) is 0.902. The molecule has 0 aliphatic carbocycles. The Hall–Kier alpha value is -1.14. The Morgan fingerprint density at radius 3 is 2.39 bits per heavy atom. The van der Waals surface area contributed by atoms with E-state index in [0.29, 0.717) is 25.2 Å². The van der Waals surface area contributed by atoms with Crippen LogP contribution in [0.2, 0.25) is 0 Å². The summed E-state index contributed by atoms with van der Waals surface area (Å²) in [6.45, 7) is 5.06. The van der Waals surface area contributed by atoms with Crippen molar-refractivity contribution < 1.29 is 9.59 Å². The number of piperidine rings is 1. The van der Waals surface area contributed by atoms with Crippen molar-refractivity contribution >= 4 is 11.8 Å². The van der Waals surface area contributed by atoms with E-state index in [1.54, 1.807) is 0 Å². The van der Waals surface area contributed by atoms with Crippen LogP contribution in [0, 0.1) is 0 Å². The highest BCUT2D eigenvalue weighted by Gasteiger charge is 2.26. The number of rotatable bonds is 5. The van der Waals surface area contributed by atoms with Gasteiger partial charge in [0.15, 0.2) is 0 Å². The van der Waals surface area contributed by atoms with Gasteiger partial charge in [-0.3, -0.25) is 19.9 Å². The molecule has 0 radical (unpaired) electrons. The molecule has 0 bridgehead atoms. The highest BCUT2D eigenvalue weighted by molar-refractivity contribution is 5.79. The standard InChI is InChI=1S/C12H24N4O2/c1-9-4-3-5-10(2)16(9)8-12(18)14-7-6-11(17)15-13/h9-10H,3-8,13H2,1-2H3,(H,14,18)(H,15,17)/t9-,10+/i6+1,7+1,11+1,12+1,14+1. The van der Waals surface area contributed by atoms with Gasteiger partial charge in [-0.1, -0.05) is 6.42 Å². The van der Waals surface area contributed by atoms with Crippen LogP contribution in [0.5, 0.6) is 0 Å². The number of hydrazine groups is 1. The number of nitrogens with one attached hydrogen (secondary N) is 2. The Labute approximate surface area is 108 Å². The fraction of sp³-hybridized carbons (Fsp3) is 0.833. The highest BCUT2D eigenvalue weighted by Crippen LogP contribution is 2.21. The smallest absolute Gasteiger partial charge is 0.235 e. The number of hydrogen-bond acceptors (Lipinski definition) is 4. The van der Waals surface area contributed by atoms with Crippen LogP contribution in [0.4, 0.5) is 0 Å². The minimum atomic E-state index is -0.269. The predicted octanol–water partition coefficient (Wildman–Crippen LogP) is -0.254. The zero-order chi connectivity index (χ0) is 13.5. The zero-order valence-electron chi connectivity index (χ0n) is 11.2. The quantitative estimate of drug-likeness (QED) is 0.209. The van der Waals surface area contributed by atoms with E-state index >= 15 is 0 Å². The first-order chi connectivity index (χ1) is 8.54. The summed E-state index contributed by atoms with van der Waals surface area (Å²) in [5, 5.41) is 2.74. The molecule has 2 amide bonds. The second-order valence-electron chi connectivity index (χ2n) is 4.97. The molecule has 2 atom stereocenters. The maximum Gasteiger partial charge on any atom is 0.235 e. The average Bonchev–Trinajstić information content (AvgIpc) is 2.34. The van der Waals surface area contributed by atoms with Crippen LogP contribution in [-0.4, -0.2) is 41.9 Å². The number of nitrogens with zero attached hydrogens (tertiary/aromatic N) is 1. The van der Waals surface area contributed by atoms with Crippen molar-refractivity contribution in [2.24, 2.45) is 5.84 Å². The van der Waals surface area contributed by atoms with Crippen molar-refractivity contribution in [1.29, 1.82) is 0 Å². The van der Waals surface area contributed by atoms with E-state index in [1.165, 1.54) is 6.42 Å². The van der Waals surface area contributed by atoms with Gasteiger partial charge < -0.3 is 5.32 Å². The van der Waals surface area contributed by atoms with Gasteiger partial charge in [0, 0.05) is 25.0 Å². The van der Waals surface area contributed by atoms with Gasteiger partial charge in [-0.15, -0.1) is 0 Å². The molecule has 1 fully saturated rings. The summed E-state index contributed by atoms with van der Waals surface area (Å²) in [5.74, 6) is 4.66. The van der Waals surface area contributed by atoms with Crippen molar-refractivity contribution in [1.82, 2.24) is 15.6 Å². The monoisotopic (exact) mass is 261 g/mol. The lowest BCUT2D eigenvalue weighted by molar-refractivity contribution is -0.124. The van der Waals surface area contributed by atoms with Crippen LogP contribution in [0.25, 0.3) is 0 Å². The van der Waals surface area contributed by atoms with Gasteiger partial charge in [0.2, 0.25) is 11.8 Å². The van der Waals surface area contributed by atoms with Crippen LogP contribution >= 0.6 is 0 Å².